The molecule has 1 aliphatic heterocycles. The number of hydrogen-bond acceptors (Lipinski definition) is 5. The quantitative estimate of drug-likeness (QED) is 0.688. The summed E-state index contributed by atoms with van der Waals surface area (Å²) in [5.41, 5.74) is 2.22. The maximum absolute atomic E-state index is 6.06. The van der Waals surface area contributed by atoms with Crippen LogP contribution in [0.25, 0.3) is 10.8 Å². The number of rotatable bonds is 5. The van der Waals surface area contributed by atoms with Gasteiger partial charge in [-0.25, -0.2) is 0 Å². The molecule has 1 unspecified atom stereocenters. The van der Waals surface area contributed by atoms with Gasteiger partial charge in [-0.3, -0.25) is 9.88 Å². The van der Waals surface area contributed by atoms with Crippen molar-refractivity contribution in [3.05, 3.63) is 66.0 Å². The fraction of sp³-hybridized carbons (Fsp3) is 0.318. The van der Waals surface area contributed by atoms with Crippen molar-refractivity contribution in [2.75, 3.05) is 33.9 Å². The summed E-state index contributed by atoms with van der Waals surface area (Å²) in [6.45, 7) is 3.26. The van der Waals surface area contributed by atoms with Gasteiger partial charge in [-0.15, -0.1) is 0 Å². The molecule has 2 aromatic carbocycles. The summed E-state index contributed by atoms with van der Waals surface area (Å²) >= 11 is 0. The molecule has 0 spiro atoms. The Kier molecular flexibility index (Phi) is 5.23. The smallest absolute Gasteiger partial charge is 0.122 e. The zero-order valence-electron chi connectivity index (χ0n) is 15.7. The van der Waals surface area contributed by atoms with Gasteiger partial charge in [0.1, 0.15) is 11.5 Å². The molecule has 27 heavy (non-hydrogen) atoms. The summed E-state index contributed by atoms with van der Waals surface area (Å²) in [5, 5.41) is 2.37. The second-order valence-electron chi connectivity index (χ2n) is 6.75. The number of morpholine rings is 1. The van der Waals surface area contributed by atoms with Gasteiger partial charge in [-0.2, -0.15) is 0 Å². The van der Waals surface area contributed by atoms with Crippen LogP contribution >= 0.6 is 0 Å². The SMILES string of the molecule is COc1ccnc(CN2CCOC(c3ccc4cc(OC)ccc4c3)C2)c1. The lowest BCUT2D eigenvalue weighted by atomic mass is 10.0. The summed E-state index contributed by atoms with van der Waals surface area (Å²) in [6, 6.07) is 16.5. The third kappa shape index (κ3) is 4.04. The Balaban J connectivity index is 1.49. The minimum Gasteiger partial charge on any atom is -0.497 e. The van der Waals surface area contributed by atoms with E-state index in [0.717, 1.165) is 43.4 Å². The Morgan fingerprint density at radius 2 is 1.78 bits per heavy atom. The van der Waals surface area contributed by atoms with E-state index in [4.69, 9.17) is 14.2 Å². The molecule has 1 fully saturated rings. The highest BCUT2D eigenvalue weighted by Gasteiger charge is 2.22. The number of nitrogens with zero attached hydrogens (tertiary/aromatic N) is 2. The Hall–Kier alpha value is -2.63. The molecule has 0 aliphatic carbocycles. The lowest BCUT2D eigenvalue weighted by Crippen LogP contribution is -2.38. The molecule has 4 rings (SSSR count). The zero-order valence-corrected chi connectivity index (χ0v) is 15.7. The van der Waals surface area contributed by atoms with Crippen LogP contribution in [0.15, 0.2) is 54.7 Å². The van der Waals surface area contributed by atoms with Gasteiger partial charge < -0.3 is 14.2 Å². The molecule has 0 bridgehead atoms. The van der Waals surface area contributed by atoms with Gasteiger partial charge in [0.15, 0.2) is 0 Å². The number of hydrogen-bond donors (Lipinski definition) is 0. The topological polar surface area (TPSA) is 43.8 Å². The van der Waals surface area contributed by atoms with Crippen molar-refractivity contribution in [2.24, 2.45) is 0 Å². The van der Waals surface area contributed by atoms with Crippen molar-refractivity contribution in [1.82, 2.24) is 9.88 Å². The molecule has 1 aromatic heterocycles. The van der Waals surface area contributed by atoms with Crippen LogP contribution in [0.3, 0.4) is 0 Å². The summed E-state index contributed by atoms with van der Waals surface area (Å²) < 4.78 is 16.7. The van der Waals surface area contributed by atoms with E-state index in [9.17, 15) is 0 Å². The summed E-state index contributed by atoms with van der Waals surface area (Å²) in [6.07, 6.45) is 1.86. The Morgan fingerprint density at radius 3 is 2.63 bits per heavy atom. The van der Waals surface area contributed by atoms with Gasteiger partial charge in [-0.05, 0) is 40.6 Å². The molecule has 140 valence electrons. The van der Waals surface area contributed by atoms with Crippen LogP contribution in [0.4, 0.5) is 0 Å². The highest BCUT2D eigenvalue weighted by molar-refractivity contribution is 5.84. The molecular formula is C22H24N2O3. The Morgan fingerprint density at radius 1 is 1.00 bits per heavy atom. The summed E-state index contributed by atoms with van der Waals surface area (Å²) in [4.78, 5) is 6.85. The molecule has 0 amide bonds. The van der Waals surface area contributed by atoms with Gasteiger partial charge in [0.05, 0.1) is 32.6 Å². The van der Waals surface area contributed by atoms with E-state index in [1.807, 2.05) is 18.2 Å². The third-order valence-corrected chi connectivity index (χ3v) is 5.00. The van der Waals surface area contributed by atoms with Gasteiger partial charge in [-0.1, -0.05) is 18.2 Å². The molecule has 1 atom stereocenters. The zero-order chi connectivity index (χ0) is 18.6. The fourth-order valence-electron chi connectivity index (χ4n) is 3.52. The molecule has 0 radical (unpaired) electrons. The van der Waals surface area contributed by atoms with E-state index < -0.39 is 0 Å². The molecule has 5 heteroatoms. The second kappa shape index (κ2) is 7.94. The highest BCUT2D eigenvalue weighted by Crippen LogP contribution is 2.28. The standard InChI is InChI=1S/C22H24N2O3/c1-25-20-6-5-16-11-18(4-3-17(16)12-20)22-15-24(9-10-27-22)14-19-13-21(26-2)7-8-23-19/h3-8,11-13,22H,9-10,14-15H2,1-2H3. The van der Waals surface area contributed by atoms with E-state index in [-0.39, 0.29) is 6.10 Å². The van der Waals surface area contributed by atoms with Crippen molar-refractivity contribution >= 4 is 10.8 Å². The minimum absolute atomic E-state index is 0.0656. The molecule has 5 nitrogen and oxygen atoms in total. The average Bonchev–Trinajstić information content (AvgIpc) is 2.73. The number of methoxy groups -OCH3 is 2. The first-order valence-electron chi connectivity index (χ1n) is 9.16. The van der Waals surface area contributed by atoms with Crippen LogP contribution in [0, 0.1) is 0 Å². The number of ether oxygens (including phenoxy) is 3. The van der Waals surface area contributed by atoms with E-state index in [1.165, 1.54) is 16.3 Å². The normalized spacial score (nSPS) is 17.8. The number of aromatic nitrogens is 1. The van der Waals surface area contributed by atoms with E-state index >= 15 is 0 Å². The number of fused-ring (bicyclic) bond motifs is 1. The van der Waals surface area contributed by atoms with E-state index in [2.05, 4.69) is 40.2 Å². The highest BCUT2D eigenvalue weighted by atomic mass is 16.5. The van der Waals surface area contributed by atoms with Crippen LogP contribution < -0.4 is 9.47 Å². The molecule has 0 N–H and O–H groups in total. The summed E-state index contributed by atoms with van der Waals surface area (Å²) in [7, 11) is 3.37. The van der Waals surface area contributed by atoms with Crippen molar-refractivity contribution in [1.29, 1.82) is 0 Å². The lowest BCUT2D eigenvalue weighted by molar-refractivity contribution is -0.0332. The van der Waals surface area contributed by atoms with E-state index in [0.29, 0.717) is 0 Å². The van der Waals surface area contributed by atoms with E-state index in [1.54, 1.807) is 20.4 Å². The van der Waals surface area contributed by atoms with Crippen molar-refractivity contribution in [3.8, 4) is 11.5 Å². The number of benzene rings is 2. The lowest BCUT2D eigenvalue weighted by Gasteiger charge is -2.33. The molecular weight excluding hydrogens is 340 g/mol. The average molecular weight is 364 g/mol. The fourth-order valence-corrected chi connectivity index (χ4v) is 3.52. The van der Waals surface area contributed by atoms with Gasteiger partial charge in [0, 0.05) is 31.9 Å². The van der Waals surface area contributed by atoms with Crippen molar-refractivity contribution in [2.45, 2.75) is 12.6 Å². The predicted octanol–water partition coefficient (Wildman–Crippen LogP) is 3.83. The van der Waals surface area contributed by atoms with Crippen LogP contribution in [0.5, 0.6) is 11.5 Å². The molecule has 3 aromatic rings. The van der Waals surface area contributed by atoms with Gasteiger partial charge in [0.25, 0.3) is 0 Å². The van der Waals surface area contributed by atoms with Gasteiger partial charge >= 0.3 is 0 Å². The predicted molar refractivity (Wildman–Crippen MR) is 105 cm³/mol. The second-order valence-corrected chi connectivity index (χ2v) is 6.75. The van der Waals surface area contributed by atoms with Crippen molar-refractivity contribution < 1.29 is 14.2 Å². The first-order valence-corrected chi connectivity index (χ1v) is 9.16. The first-order chi connectivity index (χ1) is 13.2. The maximum Gasteiger partial charge on any atom is 0.122 e. The molecule has 1 saturated heterocycles. The van der Waals surface area contributed by atoms with Crippen molar-refractivity contribution in [3.63, 3.8) is 0 Å². The molecule has 2 heterocycles. The third-order valence-electron chi connectivity index (χ3n) is 5.00. The molecule has 0 saturated carbocycles. The summed E-state index contributed by atoms with van der Waals surface area (Å²) in [5.74, 6) is 1.72. The molecule has 1 aliphatic rings. The van der Waals surface area contributed by atoms with Crippen LogP contribution in [-0.2, 0) is 11.3 Å². The van der Waals surface area contributed by atoms with Crippen LogP contribution in [0.2, 0.25) is 0 Å². The van der Waals surface area contributed by atoms with Crippen LogP contribution in [-0.4, -0.2) is 43.8 Å². The largest absolute Gasteiger partial charge is 0.497 e. The monoisotopic (exact) mass is 364 g/mol. The minimum atomic E-state index is 0.0656. The number of pyridine rings is 1. The first kappa shape index (κ1) is 17.8. The van der Waals surface area contributed by atoms with Crippen LogP contribution in [0.1, 0.15) is 17.4 Å². The Bertz CT molecular complexity index is 928. The maximum atomic E-state index is 6.06. The Labute approximate surface area is 159 Å². The van der Waals surface area contributed by atoms with Gasteiger partial charge in [0.2, 0.25) is 0 Å².